The molecule has 0 aliphatic carbocycles. The van der Waals surface area contributed by atoms with Crippen LogP contribution < -0.4 is 5.32 Å². The fraction of sp³-hybridized carbons (Fsp3) is 0.786. The second kappa shape index (κ2) is 7.02. The lowest BCUT2D eigenvalue weighted by Crippen LogP contribution is -2.29. The number of rotatable bonds is 5. The number of aromatic nitrogens is 2. The van der Waals surface area contributed by atoms with Crippen LogP contribution in [0.3, 0.4) is 0 Å². The minimum atomic E-state index is 0.258. The molecule has 1 aliphatic rings. The number of anilines is 1. The van der Waals surface area contributed by atoms with Gasteiger partial charge in [-0.05, 0) is 31.6 Å². The van der Waals surface area contributed by atoms with Crippen molar-refractivity contribution in [3.63, 3.8) is 0 Å². The zero-order valence-electron chi connectivity index (χ0n) is 12.6. The molecule has 0 saturated carbocycles. The summed E-state index contributed by atoms with van der Waals surface area (Å²) in [6, 6.07) is 0. The summed E-state index contributed by atoms with van der Waals surface area (Å²) in [5.41, 5.74) is 0. The predicted octanol–water partition coefficient (Wildman–Crippen LogP) is 2.75. The molecular formula is C14H24N4OS. The van der Waals surface area contributed by atoms with Crippen LogP contribution in [0, 0.1) is 11.8 Å². The average molecular weight is 296 g/mol. The Kier molecular flexibility index (Phi) is 5.34. The average Bonchev–Trinajstić information content (AvgIpc) is 2.75. The van der Waals surface area contributed by atoms with Crippen molar-refractivity contribution in [1.82, 2.24) is 15.1 Å². The summed E-state index contributed by atoms with van der Waals surface area (Å²) in [5.74, 6) is 1.58. The van der Waals surface area contributed by atoms with Crippen molar-refractivity contribution in [2.45, 2.75) is 46.6 Å². The van der Waals surface area contributed by atoms with Gasteiger partial charge in [-0.2, -0.15) is 0 Å². The predicted molar refractivity (Wildman–Crippen MR) is 81.7 cm³/mol. The fourth-order valence-corrected chi connectivity index (χ4v) is 3.42. The van der Waals surface area contributed by atoms with Crippen LogP contribution in [0.4, 0.5) is 5.13 Å². The summed E-state index contributed by atoms with van der Waals surface area (Å²) < 4.78 is 0. The normalized spacial score (nSPS) is 20.3. The number of likely N-dealkylation sites (tertiary alicyclic amines) is 1. The lowest BCUT2D eigenvalue weighted by molar-refractivity contribution is -0.131. The van der Waals surface area contributed by atoms with Crippen LogP contribution >= 0.6 is 11.3 Å². The standard InChI is InChI=1S/C14H24N4OS/c1-4-15-14-17-16-12(20-14)9-18-8-7-11(10(2)3)5-6-13(18)19/h10-11H,4-9H2,1-3H3,(H,15,17). The Hall–Kier alpha value is -1.17. The van der Waals surface area contributed by atoms with E-state index in [4.69, 9.17) is 0 Å². The lowest BCUT2D eigenvalue weighted by Gasteiger charge is -2.20. The second-order valence-corrected chi connectivity index (χ2v) is 6.74. The van der Waals surface area contributed by atoms with Gasteiger partial charge in [0.1, 0.15) is 5.01 Å². The second-order valence-electron chi connectivity index (χ2n) is 5.68. The number of amides is 1. The van der Waals surface area contributed by atoms with Crippen molar-refractivity contribution in [2.24, 2.45) is 11.8 Å². The van der Waals surface area contributed by atoms with Crippen molar-refractivity contribution in [3.8, 4) is 0 Å². The number of hydrogen-bond acceptors (Lipinski definition) is 5. The topological polar surface area (TPSA) is 58.1 Å². The zero-order chi connectivity index (χ0) is 14.5. The van der Waals surface area contributed by atoms with Gasteiger partial charge in [0.15, 0.2) is 0 Å². The molecule has 1 aromatic rings. The van der Waals surface area contributed by atoms with Crippen LogP contribution in [-0.4, -0.2) is 34.1 Å². The molecule has 20 heavy (non-hydrogen) atoms. The van der Waals surface area contributed by atoms with E-state index in [0.29, 0.717) is 24.8 Å². The molecule has 1 aliphatic heterocycles. The summed E-state index contributed by atoms with van der Waals surface area (Å²) >= 11 is 1.54. The first-order chi connectivity index (χ1) is 9.60. The smallest absolute Gasteiger partial charge is 0.222 e. The number of nitrogens with one attached hydrogen (secondary N) is 1. The van der Waals surface area contributed by atoms with E-state index in [0.717, 1.165) is 36.1 Å². The van der Waals surface area contributed by atoms with Gasteiger partial charge in [-0.3, -0.25) is 4.79 Å². The first-order valence-electron chi connectivity index (χ1n) is 7.44. The Morgan fingerprint density at radius 1 is 1.40 bits per heavy atom. The SMILES string of the molecule is CCNc1nnc(CN2CCC(C(C)C)CCC2=O)s1. The summed E-state index contributed by atoms with van der Waals surface area (Å²) in [6.07, 6.45) is 2.79. The third-order valence-electron chi connectivity index (χ3n) is 3.92. The molecule has 1 aromatic heterocycles. The van der Waals surface area contributed by atoms with Crippen LogP contribution in [0.15, 0.2) is 0 Å². The van der Waals surface area contributed by atoms with E-state index < -0.39 is 0 Å². The summed E-state index contributed by atoms with van der Waals surface area (Å²) in [6.45, 7) is 8.82. The van der Waals surface area contributed by atoms with Gasteiger partial charge in [-0.25, -0.2) is 0 Å². The number of carbonyl (C=O) groups excluding carboxylic acids is 1. The van der Waals surface area contributed by atoms with Gasteiger partial charge in [-0.1, -0.05) is 25.2 Å². The van der Waals surface area contributed by atoms with Gasteiger partial charge in [0.2, 0.25) is 11.0 Å². The third kappa shape index (κ3) is 3.91. The van der Waals surface area contributed by atoms with Gasteiger partial charge in [-0.15, -0.1) is 10.2 Å². The molecular weight excluding hydrogens is 272 g/mol. The quantitative estimate of drug-likeness (QED) is 0.907. The molecule has 1 N–H and O–H groups in total. The first kappa shape index (κ1) is 15.2. The number of nitrogens with zero attached hydrogens (tertiary/aromatic N) is 3. The largest absolute Gasteiger partial charge is 0.360 e. The van der Waals surface area contributed by atoms with Crippen LogP contribution in [0.25, 0.3) is 0 Å². The van der Waals surface area contributed by atoms with Crippen LogP contribution in [0.1, 0.15) is 45.0 Å². The molecule has 0 aromatic carbocycles. The Balaban J connectivity index is 1.95. The molecule has 112 valence electrons. The lowest BCUT2D eigenvalue weighted by atomic mass is 9.89. The van der Waals surface area contributed by atoms with Crippen LogP contribution in [0.5, 0.6) is 0 Å². The van der Waals surface area contributed by atoms with E-state index in [1.807, 2.05) is 11.8 Å². The maximum atomic E-state index is 12.2. The molecule has 1 saturated heterocycles. The molecule has 6 heteroatoms. The number of carbonyl (C=O) groups is 1. The van der Waals surface area contributed by atoms with E-state index in [1.54, 1.807) is 0 Å². The molecule has 5 nitrogen and oxygen atoms in total. The molecule has 2 heterocycles. The summed E-state index contributed by atoms with van der Waals surface area (Å²) in [7, 11) is 0. The third-order valence-corrected chi connectivity index (χ3v) is 4.78. The van der Waals surface area contributed by atoms with Gasteiger partial charge in [0.05, 0.1) is 6.54 Å². The molecule has 1 fully saturated rings. The summed E-state index contributed by atoms with van der Waals surface area (Å²) in [5, 5.41) is 13.1. The Bertz CT molecular complexity index is 446. The minimum Gasteiger partial charge on any atom is -0.360 e. The highest BCUT2D eigenvalue weighted by Crippen LogP contribution is 2.26. The molecule has 0 spiro atoms. The summed E-state index contributed by atoms with van der Waals surface area (Å²) in [4.78, 5) is 14.1. The maximum absolute atomic E-state index is 12.2. The van der Waals surface area contributed by atoms with E-state index in [-0.39, 0.29) is 5.91 Å². The zero-order valence-corrected chi connectivity index (χ0v) is 13.4. The Labute approximate surface area is 124 Å². The van der Waals surface area contributed by atoms with Gasteiger partial charge < -0.3 is 10.2 Å². The minimum absolute atomic E-state index is 0.258. The monoisotopic (exact) mass is 296 g/mol. The fourth-order valence-electron chi connectivity index (χ4n) is 2.60. The van der Waals surface area contributed by atoms with Gasteiger partial charge in [0.25, 0.3) is 0 Å². The molecule has 0 radical (unpaired) electrons. The van der Waals surface area contributed by atoms with Gasteiger partial charge in [0, 0.05) is 19.5 Å². The van der Waals surface area contributed by atoms with Crippen molar-refractivity contribution in [2.75, 3.05) is 18.4 Å². The van der Waals surface area contributed by atoms with Crippen LogP contribution in [-0.2, 0) is 11.3 Å². The van der Waals surface area contributed by atoms with E-state index >= 15 is 0 Å². The maximum Gasteiger partial charge on any atom is 0.222 e. The van der Waals surface area contributed by atoms with Crippen molar-refractivity contribution in [1.29, 1.82) is 0 Å². The highest BCUT2D eigenvalue weighted by Gasteiger charge is 2.24. The molecule has 2 rings (SSSR count). The molecule has 1 unspecified atom stereocenters. The highest BCUT2D eigenvalue weighted by molar-refractivity contribution is 7.15. The highest BCUT2D eigenvalue weighted by atomic mass is 32.1. The number of hydrogen-bond donors (Lipinski definition) is 1. The molecule has 0 bridgehead atoms. The Morgan fingerprint density at radius 3 is 2.90 bits per heavy atom. The van der Waals surface area contributed by atoms with Crippen molar-refractivity contribution in [3.05, 3.63) is 5.01 Å². The van der Waals surface area contributed by atoms with Gasteiger partial charge >= 0.3 is 0 Å². The molecule has 1 atom stereocenters. The first-order valence-corrected chi connectivity index (χ1v) is 8.25. The van der Waals surface area contributed by atoms with E-state index in [1.165, 1.54) is 11.3 Å². The van der Waals surface area contributed by atoms with Crippen molar-refractivity contribution >= 4 is 22.4 Å². The van der Waals surface area contributed by atoms with Crippen molar-refractivity contribution < 1.29 is 4.79 Å². The molecule has 1 amide bonds. The van der Waals surface area contributed by atoms with E-state index in [2.05, 4.69) is 29.4 Å². The van der Waals surface area contributed by atoms with E-state index in [9.17, 15) is 4.79 Å². The Morgan fingerprint density at radius 2 is 2.20 bits per heavy atom. The van der Waals surface area contributed by atoms with Crippen LogP contribution in [0.2, 0.25) is 0 Å².